The number of hydrogen-bond donors (Lipinski definition) is 1. The third kappa shape index (κ3) is 5.66. The Morgan fingerprint density at radius 2 is 1.29 bits per heavy atom. The summed E-state index contributed by atoms with van der Waals surface area (Å²) in [6.45, 7) is 6.98. The highest BCUT2D eigenvalue weighted by Crippen LogP contribution is 2.38. The predicted octanol–water partition coefficient (Wildman–Crippen LogP) is 7.27. The van der Waals surface area contributed by atoms with Crippen molar-refractivity contribution in [3.8, 4) is 16.9 Å². The average molecular weight is 391 g/mol. The van der Waals surface area contributed by atoms with Crippen molar-refractivity contribution < 1.29 is 17.9 Å². The summed E-state index contributed by atoms with van der Waals surface area (Å²) in [4.78, 5) is 0. The molecule has 0 saturated heterocycles. The molecule has 28 heavy (non-hydrogen) atoms. The molecule has 2 nitrogen and oxygen atoms in total. The van der Waals surface area contributed by atoms with E-state index < -0.39 is 6.36 Å². The molecule has 1 aliphatic carbocycles. The van der Waals surface area contributed by atoms with E-state index in [1.165, 1.54) is 37.8 Å². The zero-order valence-corrected chi connectivity index (χ0v) is 16.6. The van der Waals surface area contributed by atoms with Crippen LogP contribution in [-0.2, 0) is 0 Å². The first-order valence-corrected chi connectivity index (χ1v) is 9.83. The Balaban J connectivity index is 1.57. The number of ether oxygens (including phenoxy) is 1. The number of halogens is 3. The van der Waals surface area contributed by atoms with Crippen molar-refractivity contribution in [1.82, 2.24) is 0 Å². The van der Waals surface area contributed by atoms with E-state index in [1.54, 1.807) is 12.1 Å². The molecule has 2 aromatic rings. The van der Waals surface area contributed by atoms with Gasteiger partial charge in [-0.3, -0.25) is 0 Å². The van der Waals surface area contributed by atoms with E-state index in [1.807, 2.05) is 24.3 Å². The Labute approximate surface area is 165 Å². The molecule has 3 rings (SSSR count). The molecular formula is C23H28F3NO. The number of rotatable bonds is 4. The lowest BCUT2D eigenvalue weighted by molar-refractivity contribution is -0.274. The topological polar surface area (TPSA) is 21.3 Å². The Morgan fingerprint density at radius 1 is 0.786 bits per heavy atom. The number of anilines is 1. The van der Waals surface area contributed by atoms with Gasteiger partial charge in [0.2, 0.25) is 0 Å². The van der Waals surface area contributed by atoms with Crippen LogP contribution < -0.4 is 10.1 Å². The third-order valence-corrected chi connectivity index (χ3v) is 5.63. The number of hydrogen-bond acceptors (Lipinski definition) is 2. The van der Waals surface area contributed by atoms with Gasteiger partial charge in [-0.25, -0.2) is 0 Å². The van der Waals surface area contributed by atoms with Crippen LogP contribution in [0.25, 0.3) is 11.1 Å². The molecule has 0 aliphatic heterocycles. The molecular weight excluding hydrogens is 363 g/mol. The van der Waals surface area contributed by atoms with Gasteiger partial charge in [0.05, 0.1) is 0 Å². The summed E-state index contributed by atoms with van der Waals surface area (Å²) in [5, 5.41) is 3.62. The zero-order chi connectivity index (χ0) is 20.4. The average Bonchev–Trinajstić information content (AvgIpc) is 2.61. The van der Waals surface area contributed by atoms with Gasteiger partial charge in [0, 0.05) is 11.7 Å². The van der Waals surface area contributed by atoms with Crippen molar-refractivity contribution >= 4 is 5.69 Å². The fourth-order valence-electron chi connectivity index (χ4n) is 3.95. The van der Waals surface area contributed by atoms with Crippen LogP contribution in [-0.4, -0.2) is 12.4 Å². The van der Waals surface area contributed by atoms with Crippen LogP contribution in [0.3, 0.4) is 0 Å². The molecule has 1 aliphatic rings. The van der Waals surface area contributed by atoms with Crippen molar-refractivity contribution in [2.45, 2.75) is 58.9 Å². The van der Waals surface area contributed by atoms with E-state index in [4.69, 9.17) is 0 Å². The first kappa shape index (κ1) is 20.6. The maximum atomic E-state index is 12.3. The van der Waals surface area contributed by atoms with E-state index in [0.29, 0.717) is 11.5 Å². The van der Waals surface area contributed by atoms with Crippen LogP contribution in [0.5, 0.6) is 5.75 Å². The van der Waals surface area contributed by atoms with Crippen LogP contribution in [0.2, 0.25) is 0 Å². The highest BCUT2D eigenvalue weighted by atomic mass is 19.4. The van der Waals surface area contributed by atoms with Crippen LogP contribution in [0.1, 0.15) is 46.5 Å². The van der Waals surface area contributed by atoms with Crippen LogP contribution >= 0.6 is 0 Å². The molecule has 0 radical (unpaired) electrons. The normalized spacial score (nSPS) is 20.6. The molecule has 0 atom stereocenters. The fraction of sp³-hybridized carbons (Fsp3) is 0.478. The highest BCUT2D eigenvalue weighted by Gasteiger charge is 2.31. The van der Waals surface area contributed by atoms with Crippen LogP contribution in [0.15, 0.2) is 48.5 Å². The Kier molecular flexibility index (Phi) is 5.92. The van der Waals surface area contributed by atoms with E-state index in [-0.39, 0.29) is 5.75 Å². The molecule has 152 valence electrons. The minimum absolute atomic E-state index is 0.208. The molecule has 0 aromatic heterocycles. The molecule has 0 bridgehead atoms. The van der Waals surface area contributed by atoms with Gasteiger partial charge >= 0.3 is 6.36 Å². The lowest BCUT2D eigenvalue weighted by Crippen LogP contribution is -2.31. The second-order valence-corrected chi connectivity index (χ2v) is 8.71. The Hall–Kier alpha value is -2.17. The monoisotopic (exact) mass is 391 g/mol. The van der Waals surface area contributed by atoms with E-state index in [0.717, 1.165) is 22.7 Å². The minimum Gasteiger partial charge on any atom is -0.406 e. The molecule has 1 N–H and O–H groups in total. The third-order valence-electron chi connectivity index (χ3n) is 5.63. The van der Waals surface area contributed by atoms with Crippen molar-refractivity contribution in [2.24, 2.45) is 11.3 Å². The summed E-state index contributed by atoms with van der Waals surface area (Å²) in [5.41, 5.74) is 3.28. The second kappa shape index (κ2) is 8.06. The summed E-state index contributed by atoms with van der Waals surface area (Å²) in [6.07, 6.45) is 0.215. The van der Waals surface area contributed by atoms with Gasteiger partial charge in [0.25, 0.3) is 0 Å². The summed E-state index contributed by atoms with van der Waals surface area (Å²) >= 11 is 0. The largest absolute Gasteiger partial charge is 0.573 e. The SMILES string of the molecule is CC(C)(C)[C@H]1CC[C@@H](Nc2ccc(-c3ccc(OC(F)(F)F)cc3)cc2)CC1. The fourth-order valence-corrected chi connectivity index (χ4v) is 3.95. The molecule has 0 heterocycles. The molecule has 5 heteroatoms. The molecule has 1 fully saturated rings. The summed E-state index contributed by atoms with van der Waals surface area (Å²) in [5.74, 6) is 0.581. The minimum atomic E-state index is -4.67. The van der Waals surface area contributed by atoms with Gasteiger partial charge in [-0.1, -0.05) is 45.0 Å². The summed E-state index contributed by atoms with van der Waals surface area (Å²) in [6, 6.07) is 14.5. The van der Waals surface area contributed by atoms with Crippen molar-refractivity contribution in [1.29, 1.82) is 0 Å². The van der Waals surface area contributed by atoms with Gasteiger partial charge in [-0.15, -0.1) is 13.2 Å². The molecule has 0 unspecified atom stereocenters. The highest BCUT2D eigenvalue weighted by molar-refractivity contribution is 5.66. The van der Waals surface area contributed by atoms with Crippen molar-refractivity contribution in [2.75, 3.05) is 5.32 Å². The van der Waals surface area contributed by atoms with E-state index in [2.05, 4.69) is 30.8 Å². The second-order valence-electron chi connectivity index (χ2n) is 8.71. The molecule has 1 saturated carbocycles. The van der Waals surface area contributed by atoms with Gasteiger partial charge < -0.3 is 10.1 Å². The van der Waals surface area contributed by atoms with Crippen LogP contribution in [0, 0.1) is 11.3 Å². The number of alkyl halides is 3. The number of nitrogens with one attached hydrogen (secondary N) is 1. The quantitative estimate of drug-likeness (QED) is 0.592. The molecule has 0 amide bonds. The molecule has 2 aromatic carbocycles. The maximum Gasteiger partial charge on any atom is 0.573 e. The Bertz CT molecular complexity index is 752. The lowest BCUT2D eigenvalue weighted by atomic mass is 9.71. The zero-order valence-electron chi connectivity index (χ0n) is 16.6. The van der Waals surface area contributed by atoms with Crippen LogP contribution in [0.4, 0.5) is 18.9 Å². The van der Waals surface area contributed by atoms with E-state index in [9.17, 15) is 13.2 Å². The van der Waals surface area contributed by atoms with Gasteiger partial charge in [-0.2, -0.15) is 0 Å². The number of benzene rings is 2. The standard InChI is InChI=1S/C23H28F3NO/c1-22(2,3)18-8-12-20(13-9-18)27-19-10-4-16(5-11-19)17-6-14-21(15-7-17)28-23(24,25)26/h4-7,10-11,14-15,18,20,27H,8-9,12-13H2,1-3H3/t18-,20+. The first-order valence-electron chi connectivity index (χ1n) is 9.83. The van der Waals surface area contributed by atoms with E-state index >= 15 is 0 Å². The summed E-state index contributed by atoms with van der Waals surface area (Å²) in [7, 11) is 0. The first-order chi connectivity index (χ1) is 13.1. The van der Waals surface area contributed by atoms with Gasteiger partial charge in [0.15, 0.2) is 0 Å². The van der Waals surface area contributed by atoms with Crippen molar-refractivity contribution in [3.05, 3.63) is 48.5 Å². The Morgan fingerprint density at radius 3 is 1.75 bits per heavy atom. The predicted molar refractivity (Wildman–Crippen MR) is 107 cm³/mol. The summed E-state index contributed by atoms with van der Waals surface area (Å²) < 4.78 is 40.7. The molecule has 0 spiro atoms. The maximum absolute atomic E-state index is 12.3. The van der Waals surface area contributed by atoms with Gasteiger partial charge in [0.1, 0.15) is 5.75 Å². The van der Waals surface area contributed by atoms with Gasteiger partial charge in [-0.05, 0) is 72.4 Å². The lowest BCUT2D eigenvalue weighted by Gasteiger charge is -2.37. The smallest absolute Gasteiger partial charge is 0.406 e. The van der Waals surface area contributed by atoms with Crippen molar-refractivity contribution in [3.63, 3.8) is 0 Å².